The second-order valence-electron chi connectivity index (χ2n) is 19.5. The van der Waals surface area contributed by atoms with Crippen LogP contribution in [0, 0.1) is 54.2 Å². The molecule has 12 nitrogen and oxygen atoms in total. The van der Waals surface area contributed by atoms with E-state index < -0.39 is 63.0 Å². The van der Waals surface area contributed by atoms with Crippen LogP contribution in [0.5, 0.6) is 5.75 Å². The molecule has 0 amide bonds. The number of aliphatic hydroxyl groups is 2. The molecule has 5 aliphatic carbocycles. The van der Waals surface area contributed by atoms with Gasteiger partial charge in [-0.15, -0.1) is 0 Å². The molecule has 4 saturated carbocycles. The first kappa shape index (κ1) is 41.4. The number of Topliss-reactive ketones (excluding diaryl/α,β-unsaturated/α-hetero) is 1. The molecule has 0 spiro atoms. The van der Waals surface area contributed by atoms with Gasteiger partial charge in [0, 0.05) is 59.7 Å². The number of ketones is 2. The number of aryl methyl sites for hydroxylation is 1. The summed E-state index contributed by atoms with van der Waals surface area (Å²) in [7, 11) is 1.44. The van der Waals surface area contributed by atoms with Crippen LogP contribution in [0.1, 0.15) is 99.8 Å². The lowest BCUT2D eigenvalue weighted by Crippen LogP contribution is -2.69. The minimum Gasteiger partial charge on any atom is -0.492 e. The average molecular weight is 834 g/mol. The molecule has 10 atom stereocenters. The number of benzene rings is 1. The number of nitrogens with zero attached hydrogens (tertiary/aromatic N) is 3. The Balaban J connectivity index is 0.940. The lowest BCUT2D eigenvalue weighted by atomic mass is 9.44. The highest BCUT2D eigenvalue weighted by atomic mass is 19.1. The summed E-state index contributed by atoms with van der Waals surface area (Å²) in [6.45, 7) is 9.86. The normalized spacial score (nSPS) is 37.4. The molecular formula is C46H57F2N3O9. The first-order valence-corrected chi connectivity index (χ1v) is 21.7. The molecule has 2 aromatic rings. The number of carboxylic acid groups (broad SMARTS) is 1. The highest BCUT2D eigenvalue weighted by Gasteiger charge is 2.75. The molecule has 324 valence electrons. The summed E-state index contributed by atoms with van der Waals surface area (Å²) < 4.78 is 48.3. The van der Waals surface area contributed by atoms with Crippen molar-refractivity contribution >= 4 is 34.1 Å². The van der Waals surface area contributed by atoms with E-state index >= 15 is 8.78 Å². The van der Waals surface area contributed by atoms with Crippen molar-refractivity contribution in [2.75, 3.05) is 45.0 Å². The summed E-state index contributed by atoms with van der Waals surface area (Å²) in [6.07, 6.45) is 7.54. The van der Waals surface area contributed by atoms with E-state index in [9.17, 15) is 34.5 Å². The minimum atomic E-state index is -2.07. The molecule has 2 saturated heterocycles. The summed E-state index contributed by atoms with van der Waals surface area (Å²) in [5, 5.41) is 34.3. The molecule has 2 aliphatic heterocycles. The lowest BCUT2D eigenvalue weighted by Gasteiger charge is -2.62. The smallest absolute Gasteiger partial charge is 0.341 e. The largest absolute Gasteiger partial charge is 0.492 e. The van der Waals surface area contributed by atoms with E-state index in [1.165, 1.54) is 26.2 Å². The van der Waals surface area contributed by atoms with E-state index in [-0.39, 0.29) is 77.4 Å². The molecule has 6 fully saturated rings. The van der Waals surface area contributed by atoms with E-state index in [1.54, 1.807) is 19.9 Å². The number of piperidine rings is 1. The van der Waals surface area contributed by atoms with Gasteiger partial charge in [0.2, 0.25) is 5.43 Å². The van der Waals surface area contributed by atoms with E-state index in [0.29, 0.717) is 55.7 Å². The van der Waals surface area contributed by atoms with E-state index in [0.717, 1.165) is 25.7 Å². The molecule has 2 unspecified atom stereocenters. The molecule has 1 aromatic heterocycles. The van der Waals surface area contributed by atoms with Gasteiger partial charge < -0.3 is 34.3 Å². The molecule has 0 bridgehead atoms. The summed E-state index contributed by atoms with van der Waals surface area (Å²) in [5.41, 5.74) is -5.58. The average Bonchev–Trinajstić information content (AvgIpc) is 3.90. The van der Waals surface area contributed by atoms with Crippen LogP contribution >= 0.6 is 0 Å². The van der Waals surface area contributed by atoms with Gasteiger partial charge in [-0.1, -0.05) is 25.5 Å². The fourth-order valence-corrected chi connectivity index (χ4v) is 13.5. The number of carbonyl (C=O) groups excluding carboxylic acids is 2. The monoisotopic (exact) mass is 833 g/mol. The summed E-state index contributed by atoms with van der Waals surface area (Å²) >= 11 is 0. The van der Waals surface area contributed by atoms with Crippen molar-refractivity contribution in [3.63, 3.8) is 0 Å². The van der Waals surface area contributed by atoms with Crippen molar-refractivity contribution in [1.82, 2.24) is 9.47 Å². The second-order valence-corrected chi connectivity index (χ2v) is 19.5. The maximum absolute atomic E-state index is 17.7. The highest BCUT2D eigenvalue weighted by Crippen LogP contribution is 2.70. The zero-order valence-corrected chi connectivity index (χ0v) is 35.4. The Bertz CT molecular complexity index is 2340. The Morgan fingerprint density at radius 1 is 1.07 bits per heavy atom. The number of allylic oxidation sites excluding steroid dienone is 4. The van der Waals surface area contributed by atoms with Crippen LogP contribution in [0.25, 0.3) is 10.9 Å². The minimum absolute atomic E-state index is 0.0165. The molecule has 60 heavy (non-hydrogen) atoms. The van der Waals surface area contributed by atoms with Crippen LogP contribution in [0.2, 0.25) is 0 Å². The first-order chi connectivity index (χ1) is 28.3. The number of aliphatic hydroxyl groups excluding tert-OH is 1. The predicted octanol–water partition coefficient (Wildman–Crippen LogP) is 5.59. The van der Waals surface area contributed by atoms with Crippen LogP contribution < -0.4 is 15.1 Å². The van der Waals surface area contributed by atoms with Crippen molar-refractivity contribution in [3.05, 3.63) is 56.7 Å². The van der Waals surface area contributed by atoms with Crippen molar-refractivity contribution in [3.8, 4) is 5.75 Å². The van der Waals surface area contributed by atoms with Gasteiger partial charge in [0.25, 0.3) is 0 Å². The number of aromatic carboxylic acids is 1. The van der Waals surface area contributed by atoms with Gasteiger partial charge in [-0.3, -0.25) is 19.3 Å². The van der Waals surface area contributed by atoms with Crippen LogP contribution in [-0.4, -0.2) is 106 Å². The molecule has 9 rings (SSSR count). The van der Waals surface area contributed by atoms with Crippen LogP contribution in [0.15, 0.2) is 28.6 Å². The van der Waals surface area contributed by atoms with Gasteiger partial charge in [-0.05, 0) is 102 Å². The Morgan fingerprint density at radius 2 is 1.80 bits per heavy atom. The number of carbonyl (C=O) groups is 3. The van der Waals surface area contributed by atoms with Gasteiger partial charge in [-0.2, -0.15) is 0 Å². The SMILES string of the molecule is COc1c(N2CC3CCCN(COCC(=O)[C@@]4(O)[C@@H](C)C[C@H]5[C@@H]6CCC7=CC(=O)C=C[C@]7(C)[C@@]6(F)[C@@H](O)C[C@@]54C)C3C2)c(F)c(C)c2c(=O)c(C(=O)O)c(C)n(C3CC3)c12. The Kier molecular flexibility index (Phi) is 9.67. The molecule has 3 N–H and O–H groups in total. The number of aromatic nitrogens is 1. The summed E-state index contributed by atoms with van der Waals surface area (Å²) in [4.78, 5) is 56.6. The van der Waals surface area contributed by atoms with Crippen molar-refractivity contribution in [1.29, 1.82) is 0 Å². The van der Waals surface area contributed by atoms with E-state index in [1.807, 2.05) is 23.3 Å². The van der Waals surface area contributed by atoms with Gasteiger partial charge in [0.15, 0.2) is 28.8 Å². The van der Waals surface area contributed by atoms with E-state index in [2.05, 4.69) is 4.90 Å². The number of carboxylic acids is 1. The van der Waals surface area contributed by atoms with E-state index in [4.69, 9.17) is 9.47 Å². The van der Waals surface area contributed by atoms with Crippen molar-refractivity contribution in [2.45, 2.75) is 115 Å². The maximum Gasteiger partial charge on any atom is 0.341 e. The topological polar surface area (TPSA) is 159 Å². The zero-order chi connectivity index (χ0) is 43.0. The third-order valence-corrected chi connectivity index (χ3v) is 16.7. The van der Waals surface area contributed by atoms with Gasteiger partial charge in [-0.25, -0.2) is 13.6 Å². The number of alkyl halides is 1. The summed E-state index contributed by atoms with van der Waals surface area (Å²) in [5.74, 6) is -3.85. The number of likely N-dealkylation sites (tertiary alicyclic amines) is 1. The Morgan fingerprint density at radius 3 is 2.48 bits per heavy atom. The number of pyridine rings is 1. The van der Waals surface area contributed by atoms with Gasteiger partial charge in [0.1, 0.15) is 23.5 Å². The number of rotatable bonds is 9. The third-order valence-electron chi connectivity index (χ3n) is 16.7. The number of halogens is 2. The molecule has 3 heterocycles. The quantitative estimate of drug-likeness (QED) is 0.289. The molecular weight excluding hydrogens is 777 g/mol. The van der Waals surface area contributed by atoms with Gasteiger partial charge >= 0.3 is 5.97 Å². The zero-order valence-electron chi connectivity index (χ0n) is 35.4. The standard InChI is InChI=1S/C46H57F2N3O9/c1-23-16-31-30-12-9-27-17-29(52)13-14-43(27,4)45(30,48)33(53)18-44(31,5)46(23,58)34(54)21-60-22-49-15-7-8-26-19-50(20-32(26)49)39-37(47)24(2)35-38(41(39)59-6)51(28-10-11-28)25(3)36(40(35)55)42(56)57/h13-14,17,23,26,28,30-33,53,58H,7-12,15-16,18-22H2,1-6H3,(H,56,57)/t23-,26?,30-,31-,32?,33-,43-,44-,45-,46-/m0/s1. The number of hydrogen-bond acceptors (Lipinski definition) is 10. The van der Waals surface area contributed by atoms with Crippen molar-refractivity contribution < 1.29 is 48.0 Å². The first-order valence-electron chi connectivity index (χ1n) is 21.7. The highest BCUT2D eigenvalue weighted by molar-refractivity contribution is 6.01. The maximum atomic E-state index is 17.7. The second kappa shape index (κ2) is 14.0. The number of anilines is 1. The summed E-state index contributed by atoms with van der Waals surface area (Å²) in [6, 6.07) is -0.0927. The molecule has 0 radical (unpaired) electrons. The number of hydrogen-bond donors (Lipinski definition) is 3. The van der Waals surface area contributed by atoms with Gasteiger partial charge in [0.05, 0.1) is 30.8 Å². The third kappa shape index (κ3) is 5.44. The molecule has 14 heteroatoms. The van der Waals surface area contributed by atoms with Crippen LogP contribution in [-0.2, 0) is 14.3 Å². The number of ether oxygens (including phenoxy) is 2. The number of methoxy groups -OCH3 is 1. The fourth-order valence-electron chi connectivity index (χ4n) is 13.5. The fraction of sp³-hybridized carbons (Fsp3) is 0.652. The number of fused-ring (bicyclic) bond motifs is 7. The molecule has 1 aromatic carbocycles. The Hall–Kier alpha value is -3.98. The predicted molar refractivity (Wildman–Crippen MR) is 219 cm³/mol. The van der Waals surface area contributed by atoms with Crippen LogP contribution in [0.4, 0.5) is 14.5 Å². The Labute approximate surface area is 348 Å². The lowest BCUT2D eigenvalue weighted by molar-refractivity contribution is -0.220. The van der Waals surface area contributed by atoms with Crippen molar-refractivity contribution in [2.24, 2.45) is 34.5 Å². The van der Waals surface area contributed by atoms with Crippen LogP contribution in [0.3, 0.4) is 0 Å². The molecule has 7 aliphatic rings.